The van der Waals surface area contributed by atoms with Gasteiger partial charge in [0.25, 0.3) is 0 Å². The summed E-state index contributed by atoms with van der Waals surface area (Å²) in [5, 5.41) is 5.52. The lowest BCUT2D eigenvalue weighted by Crippen LogP contribution is -2.21. The summed E-state index contributed by atoms with van der Waals surface area (Å²) in [7, 11) is 2.12. The van der Waals surface area contributed by atoms with Crippen LogP contribution >= 0.6 is 27.3 Å². The average Bonchev–Trinajstić information content (AvgIpc) is 2.93. The monoisotopic (exact) mass is 370 g/mol. The highest BCUT2D eigenvalue weighted by molar-refractivity contribution is 9.10. The molecule has 0 aliphatic rings. The number of aryl methyl sites for hydroxylation is 1. The van der Waals surface area contributed by atoms with Gasteiger partial charge in [-0.1, -0.05) is 13.8 Å². The summed E-state index contributed by atoms with van der Waals surface area (Å²) in [6.07, 6.45) is 0. The van der Waals surface area contributed by atoms with Crippen molar-refractivity contribution >= 4 is 27.3 Å². The molecule has 0 spiro atoms. The number of nitrogens with zero attached hydrogens (tertiary/aromatic N) is 1. The van der Waals surface area contributed by atoms with Crippen molar-refractivity contribution in [3.63, 3.8) is 0 Å². The summed E-state index contributed by atoms with van der Waals surface area (Å²) in [5.41, 5.74) is 1.23. The second-order valence-electron chi connectivity index (χ2n) is 5.76. The first-order valence-corrected chi connectivity index (χ1v) is 8.84. The Bertz CT molecular complexity index is 577. The van der Waals surface area contributed by atoms with Crippen LogP contribution in [0.1, 0.15) is 35.8 Å². The summed E-state index contributed by atoms with van der Waals surface area (Å²) in [5.74, 6) is 2.08. The Morgan fingerprint density at radius 3 is 2.71 bits per heavy atom. The Morgan fingerprint density at radius 2 is 2.10 bits per heavy atom. The van der Waals surface area contributed by atoms with Gasteiger partial charge in [0, 0.05) is 27.3 Å². The van der Waals surface area contributed by atoms with Crippen LogP contribution in [0.2, 0.25) is 0 Å². The normalized spacial score (nSPS) is 11.8. The second kappa shape index (κ2) is 7.58. The van der Waals surface area contributed by atoms with Crippen molar-refractivity contribution < 1.29 is 4.42 Å². The zero-order valence-electron chi connectivity index (χ0n) is 13.1. The summed E-state index contributed by atoms with van der Waals surface area (Å²) in [6.45, 7) is 8.97. The largest absolute Gasteiger partial charge is 0.463 e. The standard InChI is InChI=1S/C16H23BrN2OS/c1-11(2)18-7-16-12(3)5-14(20-16)8-19(4)9-15-6-13(17)10-21-15/h5-6,10-11,18H,7-9H2,1-4H3. The van der Waals surface area contributed by atoms with E-state index in [0.29, 0.717) is 6.04 Å². The van der Waals surface area contributed by atoms with Gasteiger partial charge in [0.1, 0.15) is 11.5 Å². The minimum atomic E-state index is 0.470. The van der Waals surface area contributed by atoms with Crippen molar-refractivity contribution in [3.05, 3.63) is 43.9 Å². The number of hydrogen-bond acceptors (Lipinski definition) is 4. The van der Waals surface area contributed by atoms with Crippen molar-refractivity contribution in [3.8, 4) is 0 Å². The third kappa shape index (κ3) is 5.25. The van der Waals surface area contributed by atoms with E-state index in [1.807, 2.05) is 0 Å². The van der Waals surface area contributed by atoms with Crippen LogP contribution in [0.4, 0.5) is 0 Å². The lowest BCUT2D eigenvalue weighted by Gasteiger charge is -2.13. The van der Waals surface area contributed by atoms with Gasteiger partial charge in [-0.15, -0.1) is 11.3 Å². The zero-order chi connectivity index (χ0) is 15.4. The molecule has 0 saturated carbocycles. The third-order valence-corrected chi connectivity index (χ3v) is 4.90. The molecule has 0 aliphatic heterocycles. The van der Waals surface area contributed by atoms with E-state index in [2.05, 4.69) is 71.5 Å². The molecule has 0 fully saturated rings. The first-order chi connectivity index (χ1) is 9.94. The number of rotatable bonds is 7. The lowest BCUT2D eigenvalue weighted by molar-refractivity contribution is 0.284. The van der Waals surface area contributed by atoms with Crippen LogP contribution in [0.5, 0.6) is 0 Å². The molecule has 3 nitrogen and oxygen atoms in total. The zero-order valence-corrected chi connectivity index (χ0v) is 15.5. The summed E-state index contributed by atoms with van der Waals surface area (Å²) < 4.78 is 7.13. The van der Waals surface area contributed by atoms with Gasteiger partial charge in [0.2, 0.25) is 0 Å². The highest BCUT2D eigenvalue weighted by atomic mass is 79.9. The minimum Gasteiger partial charge on any atom is -0.463 e. The van der Waals surface area contributed by atoms with E-state index in [9.17, 15) is 0 Å². The molecule has 2 heterocycles. The molecule has 2 aromatic heterocycles. The van der Waals surface area contributed by atoms with Gasteiger partial charge in [-0.2, -0.15) is 0 Å². The molecule has 21 heavy (non-hydrogen) atoms. The molecule has 2 rings (SSSR count). The first kappa shape index (κ1) is 16.7. The van der Waals surface area contributed by atoms with Gasteiger partial charge in [-0.05, 0) is 47.6 Å². The molecule has 116 valence electrons. The Morgan fingerprint density at radius 1 is 1.33 bits per heavy atom. The Balaban J connectivity index is 1.91. The van der Waals surface area contributed by atoms with Crippen molar-refractivity contribution in [1.29, 1.82) is 0 Å². The molecule has 1 N–H and O–H groups in total. The Kier molecular flexibility index (Phi) is 6.05. The van der Waals surface area contributed by atoms with Crippen LogP contribution in [0.15, 0.2) is 26.4 Å². The van der Waals surface area contributed by atoms with Gasteiger partial charge >= 0.3 is 0 Å². The van der Waals surface area contributed by atoms with Gasteiger partial charge < -0.3 is 9.73 Å². The van der Waals surface area contributed by atoms with Crippen molar-refractivity contribution in [1.82, 2.24) is 10.2 Å². The highest BCUT2D eigenvalue weighted by Gasteiger charge is 2.11. The number of halogens is 1. The molecule has 0 aromatic carbocycles. The predicted molar refractivity (Wildman–Crippen MR) is 92.6 cm³/mol. The molecule has 2 aromatic rings. The van der Waals surface area contributed by atoms with Crippen LogP contribution in [0.25, 0.3) is 0 Å². The van der Waals surface area contributed by atoms with E-state index in [-0.39, 0.29) is 0 Å². The van der Waals surface area contributed by atoms with Crippen molar-refractivity contribution in [2.75, 3.05) is 7.05 Å². The second-order valence-corrected chi connectivity index (χ2v) is 7.67. The van der Waals surface area contributed by atoms with E-state index >= 15 is 0 Å². The molecule has 0 radical (unpaired) electrons. The highest BCUT2D eigenvalue weighted by Crippen LogP contribution is 2.22. The van der Waals surface area contributed by atoms with Gasteiger partial charge in [0.15, 0.2) is 0 Å². The van der Waals surface area contributed by atoms with E-state index in [4.69, 9.17) is 4.42 Å². The topological polar surface area (TPSA) is 28.4 Å². The molecule has 0 bridgehead atoms. The van der Waals surface area contributed by atoms with Gasteiger partial charge in [0.05, 0.1) is 13.1 Å². The Hall–Kier alpha value is -0.620. The van der Waals surface area contributed by atoms with Crippen molar-refractivity contribution in [2.45, 2.75) is 46.4 Å². The quantitative estimate of drug-likeness (QED) is 0.775. The Labute approximate surface area is 139 Å². The maximum Gasteiger partial charge on any atom is 0.120 e. The number of thiophene rings is 1. The number of nitrogens with one attached hydrogen (secondary N) is 1. The van der Waals surface area contributed by atoms with Gasteiger partial charge in [-0.3, -0.25) is 4.90 Å². The maximum absolute atomic E-state index is 5.97. The smallest absolute Gasteiger partial charge is 0.120 e. The molecule has 0 aliphatic carbocycles. The summed E-state index contributed by atoms with van der Waals surface area (Å²) >= 11 is 5.28. The molecule has 5 heteroatoms. The minimum absolute atomic E-state index is 0.470. The molecule has 0 unspecified atom stereocenters. The van der Waals surface area contributed by atoms with Crippen LogP contribution in [-0.4, -0.2) is 18.0 Å². The third-order valence-electron chi connectivity index (χ3n) is 3.22. The van der Waals surface area contributed by atoms with Crippen LogP contribution < -0.4 is 5.32 Å². The lowest BCUT2D eigenvalue weighted by atomic mass is 10.2. The fraction of sp³-hybridized carbons (Fsp3) is 0.500. The molecule has 0 saturated heterocycles. The summed E-state index contributed by atoms with van der Waals surface area (Å²) in [6, 6.07) is 4.79. The summed E-state index contributed by atoms with van der Waals surface area (Å²) in [4.78, 5) is 3.63. The molecule has 0 amide bonds. The molecular formula is C16H23BrN2OS. The van der Waals surface area contributed by atoms with Crippen molar-refractivity contribution in [2.24, 2.45) is 0 Å². The van der Waals surface area contributed by atoms with Crippen LogP contribution in [-0.2, 0) is 19.6 Å². The number of furan rings is 1. The fourth-order valence-corrected chi connectivity index (χ4v) is 3.70. The van der Waals surface area contributed by atoms with E-state index in [0.717, 1.165) is 35.6 Å². The van der Waals surface area contributed by atoms with E-state index < -0.39 is 0 Å². The fourth-order valence-electron chi connectivity index (χ4n) is 2.17. The SMILES string of the molecule is Cc1cc(CN(C)Cc2cc(Br)cs2)oc1CNC(C)C. The van der Waals surface area contributed by atoms with Gasteiger partial charge in [-0.25, -0.2) is 0 Å². The predicted octanol–water partition coefficient (Wildman–Crippen LogP) is 4.54. The van der Waals surface area contributed by atoms with E-state index in [1.165, 1.54) is 10.4 Å². The van der Waals surface area contributed by atoms with Crippen LogP contribution in [0.3, 0.4) is 0 Å². The average molecular weight is 371 g/mol. The molecule has 0 atom stereocenters. The number of hydrogen-bond donors (Lipinski definition) is 1. The first-order valence-electron chi connectivity index (χ1n) is 7.17. The molecular weight excluding hydrogens is 348 g/mol. The maximum atomic E-state index is 5.97. The van der Waals surface area contributed by atoms with E-state index in [1.54, 1.807) is 11.3 Å². The van der Waals surface area contributed by atoms with Crippen LogP contribution in [0, 0.1) is 6.92 Å².